The summed E-state index contributed by atoms with van der Waals surface area (Å²) in [6.07, 6.45) is 2.84. The van der Waals surface area contributed by atoms with Gasteiger partial charge in [-0.1, -0.05) is 13.0 Å². The van der Waals surface area contributed by atoms with Gasteiger partial charge in [0.1, 0.15) is 5.82 Å². The number of aromatic nitrogens is 2. The standard InChI is InChI=1S/C13H19N3O2S/c1-5-11-6-7-12-13(14-10(4)16(12)8-11)19(17,18)15-9(2)3/h6-9,15H,5H2,1-4H3. The minimum absolute atomic E-state index is 0.0985. The van der Waals surface area contributed by atoms with E-state index in [9.17, 15) is 8.42 Å². The van der Waals surface area contributed by atoms with Crippen molar-refractivity contribution in [1.82, 2.24) is 14.1 Å². The lowest BCUT2D eigenvalue weighted by Crippen LogP contribution is -2.30. The van der Waals surface area contributed by atoms with E-state index in [0.29, 0.717) is 11.3 Å². The predicted molar refractivity (Wildman–Crippen MR) is 74.8 cm³/mol. The topological polar surface area (TPSA) is 63.5 Å². The van der Waals surface area contributed by atoms with E-state index in [4.69, 9.17) is 0 Å². The zero-order valence-corrected chi connectivity index (χ0v) is 12.5. The number of rotatable bonds is 4. The first-order valence-electron chi connectivity index (χ1n) is 6.35. The number of pyridine rings is 1. The Morgan fingerprint density at radius 2 is 2.05 bits per heavy atom. The molecule has 2 heterocycles. The molecule has 0 unspecified atom stereocenters. The second-order valence-electron chi connectivity index (χ2n) is 4.89. The fraction of sp³-hybridized carbons (Fsp3) is 0.462. The molecule has 6 heteroatoms. The van der Waals surface area contributed by atoms with Crippen molar-refractivity contribution in [2.45, 2.75) is 45.2 Å². The molecule has 2 rings (SSSR count). The molecule has 19 heavy (non-hydrogen) atoms. The molecule has 0 aliphatic carbocycles. The molecule has 2 aromatic heterocycles. The maximum atomic E-state index is 12.2. The van der Waals surface area contributed by atoms with Gasteiger partial charge in [0.05, 0.1) is 5.52 Å². The molecule has 0 aliphatic rings. The molecule has 0 aliphatic heterocycles. The third-order valence-corrected chi connectivity index (χ3v) is 4.49. The lowest BCUT2D eigenvalue weighted by molar-refractivity contribution is 0.567. The van der Waals surface area contributed by atoms with Gasteiger partial charge in [0.15, 0.2) is 5.03 Å². The molecule has 0 radical (unpaired) electrons. The summed E-state index contributed by atoms with van der Waals surface area (Å²) in [6.45, 7) is 7.45. The van der Waals surface area contributed by atoms with Gasteiger partial charge in [0, 0.05) is 12.2 Å². The summed E-state index contributed by atoms with van der Waals surface area (Å²) < 4.78 is 28.9. The lowest BCUT2D eigenvalue weighted by atomic mass is 10.2. The fourth-order valence-electron chi connectivity index (χ4n) is 2.02. The Bertz CT molecular complexity index is 702. The summed E-state index contributed by atoms with van der Waals surface area (Å²) in [6, 6.07) is 3.59. The van der Waals surface area contributed by atoms with E-state index >= 15 is 0 Å². The van der Waals surface area contributed by atoms with Gasteiger partial charge >= 0.3 is 0 Å². The summed E-state index contributed by atoms with van der Waals surface area (Å²) in [5.41, 5.74) is 1.76. The fourth-order valence-corrected chi connectivity index (χ4v) is 3.44. The molecule has 1 N–H and O–H groups in total. The molecule has 104 valence electrons. The highest BCUT2D eigenvalue weighted by Crippen LogP contribution is 2.19. The largest absolute Gasteiger partial charge is 0.302 e. The molecule has 0 saturated carbocycles. The molecule has 5 nitrogen and oxygen atoms in total. The third kappa shape index (κ3) is 2.64. The van der Waals surface area contributed by atoms with Gasteiger partial charge in [-0.3, -0.25) is 0 Å². The molecule has 0 amide bonds. The van der Waals surface area contributed by atoms with Crippen molar-refractivity contribution in [3.63, 3.8) is 0 Å². The van der Waals surface area contributed by atoms with Crippen LogP contribution in [0.1, 0.15) is 32.2 Å². The molecule has 2 aromatic rings. The van der Waals surface area contributed by atoms with Crippen LogP contribution in [0.25, 0.3) is 5.52 Å². The van der Waals surface area contributed by atoms with Crippen LogP contribution in [0.4, 0.5) is 0 Å². The monoisotopic (exact) mass is 281 g/mol. The van der Waals surface area contributed by atoms with Gasteiger partial charge in [-0.25, -0.2) is 18.1 Å². The number of hydrogen-bond acceptors (Lipinski definition) is 3. The number of aryl methyl sites for hydroxylation is 2. The van der Waals surface area contributed by atoms with Gasteiger partial charge in [0.25, 0.3) is 10.0 Å². The van der Waals surface area contributed by atoms with Crippen LogP contribution in [0, 0.1) is 6.92 Å². The molecule has 0 bridgehead atoms. The van der Waals surface area contributed by atoms with Crippen LogP contribution in [0.2, 0.25) is 0 Å². The quantitative estimate of drug-likeness (QED) is 0.931. The Morgan fingerprint density at radius 1 is 1.37 bits per heavy atom. The Labute approximate surface area is 113 Å². The number of sulfonamides is 1. The Balaban J connectivity index is 2.63. The zero-order valence-electron chi connectivity index (χ0n) is 11.6. The summed E-state index contributed by atoms with van der Waals surface area (Å²) in [5.74, 6) is 0.675. The average Bonchev–Trinajstić information content (AvgIpc) is 2.65. The highest BCUT2D eigenvalue weighted by Gasteiger charge is 2.22. The van der Waals surface area contributed by atoms with Crippen molar-refractivity contribution >= 4 is 15.5 Å². The van der Waals surface area contributed by atoms with Gasteiger partial charge in [-0.2, -0.15) is 0 Å². The molecule has 0 spiro atoms. The van der Waals surface area contributed by atoms with Gasteiger partial charge in [-0.15, -0.1) is 0 Å². The first-order chi connectivity index (χ1) is 8.85. The van der Waals surface area contributed by atoms with E-state index < -0.39 is 10.0 Å². The summed E-state index contributed by atoms with van der Waals surface area (Å²) in [4.78, 5) is 4.20. The highest BCUT2D eigenvalue weighted by atomic mass is 32.2. The van der Waals surface area contributed by atoms with Gasteiger partial charge < -0.3 is 4.40 Å². The van der Waals surface area contributed by atoms with Crippen LogP contribution in [0.5, 0.6) is 0 Å². The van der Waals surface area contributed by atoms with Crippen molar-refractivity contribution in [3.8, 4) is 0 Å². The van der Waals surface area contributed by atoms with E-state index in [0.717, 1.165) is 12.0 Å². The molecule has 0 fully saturated rings. The average molecular weight is 281 g/mol. The zero-order chi connectivity index (χ0) is 14.2. The van der Waals surface area contributed by atoms with Crippen LogP contribution in [0.15, 0.2) is 23.4 Å². The maximum Gasteiger partial charge on any atom is 0.260 e. The minimum Gasteiger partial charge on any atom is -0.302 e. The van der Waals surface area contributed by atoms with E-state index in [-0.39, 0.29) is 11.1 Å². The van der Waals surface area contributed by atoms with Crippen molar-refractivity contribution in [2.24, 2.45) is 0 Å². The summed E-state index contributed by atoms with van der Waals surface area (Å²) in [7, 11) is -3.57. The Hall–Kier alpha value is -1.40. The van der Waals surface area contributed by atoms with Crippen molar-refractivity contribution in [1.29, 1.82) is 0 Å². The van der Waals surface area contributed by atoms with E-state index in [1.54, 1.807) is 20.8 Å². The summed E-state index contributed by atoms with van der Waals surface area (Å²) >= 11 is 0. The lowest BCUT2D eigenvalue weighted by Gasteiger charge is -2.07. The number of hydrogen-bond donors (Lipinski definition) is 1. The number of imidazole rings is 1. The Morgan fingerprint density at radius 3 is 2.63 bits per heavy atom. The predicted octanol–water partition coefficient (Wildman–Crippen LogP) is 1.89. The smallest absolute Gasteiger partial charge is 0.260 e. The number of nitrogens with one attached hydrogen (secondary N) is 1. The van der Waals surface area contributed by atoms with Crippen LogP contribution in [0.3, 0.4) is 0 Å². The second-order valence-corrected chi connectivity index (χ2v) is 6.52. The Kier molecular flexibility index (Phi) is 3.64. The first-order valence-corrected chi connectivity index (χ1v) is 7.83. The minimum atomic E-state index is -3.57. The third-order valence-electron chi connectivity index (χ3n) is 2.89. The first kappa shape index (κ1) is 14.0. The van der Waals surface area contributed by atoms with E-state index in [1.807, 2.05) is 22.7 Å². The summed E-state index contributed by atoms with van der Waals surface area (Å²) in [5, 5.41) is 0.0985. The van der Waals surface area contributed by atoms with Crippen LogP contribution in [-0.4, -0.2) is 23.8 Å². The van der Waals surface area contributed by atoms with Gasteiger partial charge in [0.2, 0.25) is 0 Å². The normalized spacial score (nSPS) is 12.5. The molecule has 0 atom stereocenters. The number of fused-ring (bicyclic) bond motifs is 1. The van der Waals surface area contributed by atoms with Crippen LogP contribution >= 0.6 is 0 Å². The van der Waals surface area contributed by atoms with Crippen LogP contribution in [-0.2, 0) is 16.4 Å². The van der Waals surface area contributed by atoms with Crippen molar-refractivity contribution in [2.75, 3.05) is 0 Å². The van der Waals surface area contributed by atoms with Gasteiger partial charge in [-0.05, 0) is 38.8 Å². The number of nitrogens with zero attached hydrogens (tertiary/aromatic N) is 2. The SMILES string of the molecule is CCc1ccc2c(S(=O)(=O)NC(C)C)nc(C)n2c1. The molecule has 0 aromatic carbocycles. The molecular weight excluding hydrogens is 262 g/mol. The second kappa shape index (κ2) is 4.94. The molecule has 0 saturated heterocycles. The van der Waals surface area contributed by atoms with E-state index in [2.05, 4.69) is 16.6 Å². The molecular formula is C13H19N3O2S. The maximum absolute atomic E-state index is 12.2. The van der Waals surface area contributed by atoms with Crippen molar-refractivity contribution < 1.29 is 8.42 Å². The highest BCUT2D eigenvalue weighted by molar-refractivity contribution is 7.89. The van der Waals surface area contributed by atoms with Crippen LogP contribution < -0.4 is 4.72 Å². The van der Waals surface area contributed by atoms with Crippen molar-refractivity contribution in [3.05, 3.63) is 29.7 Å². The van der Waals surface area contributed by atoms with E-state index in [1.165, 1.54) is 0 Å².